The van der Waals surface area contributed by atoms with Crippen LogP contribution in [0, 0.1) is 5.92 Å². The molecule has 0 saturated carbocycles. The van der Waals surface area contributed by atoms with E-state index in [1.54, 1.807) is 25.6 Å². The first kappa shape index (κ1) is 24.4. The van der Waals surface area contributed by atoms with Crippen molar-refractivity contribution in [3.05, 3.63) is 30.6 Å². The van der Waals surface area contributed by atoms with Crippen LogP contribution in [0.15, 0.2) is 30.6 Å². The molecule has 170 valence electrons. The van der Waals surface area contributed by atoms with Gasteiger partial charge in [-0.25, -0.2) is 14.8 Å². The highest BCUT2D eigenvalue weighted by Gasteiger charge is 2.22. The molecule has 0 aliphatic rings. The summed E-state index contributed by atoms with van der Waals surface area (Å²) in [6.07, 6.45) is 5.39. The molecule has 0 aliphatic carbocycles. The van der Waals surface area contributed by atoms with Crippen LogP contribution in [0.25, 0.3) is 11.1 Å². The second-order valence-electron chi connectivity index (χ2n) is 8.32. The van der Waals surface area contributed by atoms with Crippen molar-refractivity contribution < 1.29 is 19.0 Å². The van der Waals surface area contributed by atoms with Crippen molar-refractivity contribution in [1.29, 1.82) is 0 Å². The van der Waals surface area contributed by atoms with E-state index in [-0.39, 0.29) is 0 Å². The van der Waals surface area contributed by atoms with E-state index in [4.69, 9.17) is 19.9 Å². The van der Waals surface area contributed by atoms with Crippen LogP contribution in [0.3, 0.4) is 0 Å². The maximum Gasteiger partial charge on any atom is 0.412 e. The molecule has 3 N–H and O–H groups in total. The second-order valence-corrected chi connectivity index (χ2v) is 8.32. The van der Waals surface area contributed by atoms with Gasteiger partial charge in [-0.3, -0.25) is 5.32 Å². The van der Waals surface area contributed by atoms with Gasteiger partial charge in [0.2, 0.25) is 0 Å². The SMILES string of the molecule is CCCCOC(=O)Nc1cc(-c2cnc(OC[C@@](C)(N)CC(C)C)c(OC)c2)ccn1. The maximum atomic E-state index is 11.9. The zero-order valence-electron chi connectivity index (χ0n) is 19.1. The van der Waals surface area contributed by atoms with E-state index in [9.17, 15) is 4.79 Å². The summed E-state index contributed by atoms with van der Waals surface area (Å²) in [7, 11) is 1.56. The number of nitrogens with one attached hydrogen (secondary N) is 1. The zero-order valence-corrected chi connectivity index (χ0v) is 19.1. The summed E-state index contributed by atoms with van der Waals surface area (Å²) in [6, 6.07) is 5.40. The van der Waals surface area contributed by atoms with Crippen molar-refractivity contribution in [3.8, 4) is 22.8 Å². The lowest BCUT2D eigenvalue weighted by Gasteiger charge is -2.26. The standard InChI is InChI=1S/C23H34N4O4/c1-6-7-10-30-22(28)27-20-12-17(8-9-25-20)18-11-19(29-5)21(26-14-18)31-15-23(4,24)13-16(2)3/h8-9,11-12,14,16H,6-7,10,13,15,24H2,1-5H3,(H,25,27,28)/t23-/m0/s1. The van der Waals surface area contributed by atoms with Crippen molar-refractivity contribution in [2.24, 2.45) is 11.7 Å². The van der Waals surface area contributed by atoms with Gasteiger partial charge in [0.25, 0.3) is 5.88 Å². The van der Waals surface area contributed by atoms with Crippen molar-refractivity contribution in [3.63, 3.8) is 0 Å². The van der Waals surface area contributed by atoms with Crippen molar-refractivity contribution in [1.82, 2.24) is 9.97 Å². The fraction of sp³-hybridized carbons (Fsp3) is 0.522. The molecule has 1 amide bonds. The minimum Gasteiger partial charge on any atom is -0.491 e. The molecular weight excluding hydrogens is 396 g/mol. The Morgan fingerprint density at radius 2 is 2.03 bits per heavy atom. The Balaban J connectivity index is 2.11. The lowest BCUT2D eigenvalue weighted by atomic mass is 9.93. The molecule has 0 saturated heterocycles. The first-order chi connectivity index (χ1) is 14.7. The molecule has 0 radical (unpaired) electrons. The van der Waals surface area contributed by atoms with E-state index < -0.39 is 11.6 Å². The summed E-state index contributed by atoms with van der Waals surface area (Å²) in [5, 5.41) is 2.64. The van der Waals surface area contributed by atoms with Gasteiger partial charge in [-0.2, -0.15) is 0 Å². The number of aromatic nitrogens is 2. The van der Waals surface area contributed by atoms with Crippen LogP contribution in [-0.2, 0) is 4.74 Å². The third-order valence-corrected chi connectivity index (χ3v) is 4.51. The molecule has 0 unspecified atom stereocenters. The van der Waals surface area contributed by atoms with Gasteiger partial charge in [0, 0.05) is 23.5 Å². The van der Waals surface area contributed by atoms with Crippen LogP contribution in [0.4, 0.5) is 10.6 Å². The van der Waals surface area contributed by atoms with E-state index in [0.717, 1.165) is 30.4 Å². The normalized spacial score (nSPS) is 12.9. The molecule has 2 aromatic rings. The molecule has 2 heterocycles. The Morgan fingerprint density at radius 1 is 1.26 bits per heavy atom. The van der Waals surface area contributed by atoms with E-state index in [1.165, 1.54) is 0 Å². The summed E-state index contributed by atoms with van der Waals surface area (Å²) in [6.45, 7) is 8.96. The van der Waals surface area contributed by atoms with Crippen LogP contribution in [0.1, 0.15) is 47.0 Å². The van der Waals surface area contributed by atoms with Crippen LogP contribution in [0.5, 0.6) is 11.6 Å². The van der Waals surface area contributed by atoms with Crippen LogP contribution < -0.4 is 20.5 Å². The number of pyridine rings is 2. The molecule has 0 bridgehead atoms. The zero-order chi connectivity index (χ0) is 22.9. The van der Waals surface area contributed by atoms with E-state index >= 15 is 0 Å². The summed E-state index contributed by atoms with van der Waals surface area (Å²) >= 11 is 0. The minimum atomic E-state index is -0.524. The molecular formula is C23H34N4O4. The number of carbonyl (C=O) groups is 1. The number of hydrogen-bond acceptors (Lipinski definition) is 7. The highest BCUT2D eigenvalue weighted by atomic mass is 16.5. The fourth-order valence-electron chi connectivity index (χ4n) is 3.20. The van der Waals surface area contributed by atoms with Crippen LogP contribution >= 0.6 is 0 Å². The lowest BCUT2D eigenvalue weighted by Crippen LogP contribution is -2.43. The number of carbonyl (C=O) groups excluding carboxylic acids is 1. The number of ether oxygens (including phenoxy) is 3. The smallest absolute Gasteiger partial charge is 0.412 e. The van der Waals surface area contributed by atoms with Gasteiger partial charge >= 0.3 is 6.09 Å². The molecule has 0 aromatic carbocycles. The van der Waals surface area contributed by atoms with Gasteiger partial charge in [0.05, 0.1) is 13.7 Å². The highest BCUT2D eigenvalue weighted by molar-refractivity contribution is 5.84. The minimum absolute atomic E-state index is 0.331. The maximum absolute atomic E-state index is 11.9. The fourth-order valence-corrected chi connectivity index (χ4v) is 3.20. The van der Waals surface area contributed by atoms with Gasteiger partial charge in [0.1, 0.15) is 12.4 Å². The molecule has 8 nitrogen and oxygen atoms in total. The predicted octanol–water partition coefficient (Wildman–Crippen LogP) is 4.64. The van der Waals surface area contributed by atoms with Crippen LogP contribution in [0.2, 0.25) is 0 Å². The molecule has 1 atom stereocenters. The Labute approximate surface area is 184 Å². The number of unbranched alkanes of at least 4 members (excludes halogenated alkanes) is 1. The topological polar surface area (TPSA) is 109 Å². The monoisotopic (exact) mass is 430 g/mol. The van der Waals surface area contributed by atoms with Crippen molar-refractivity contribution in [2.45, 2.75) is 52.5 Å². The largest absolute Gasteiger partial charge is 0.491 e. The number of anilines is 1. The summed E-state index contributed by atoms with van der Waals surface area (Å²) < 4.78 is 16.4. The van der Waals surface area contributed by atoms with Crippen molar-refractivity contribution in [2.75, 3.05) is 25.6 Å². The third-order valence-electron chi connectivity index (χ3n) is 4.51. The highest BCUT2D eigenvalue weighted by Crippen LogP contribution is 2.31. The number of nitrogens with zero attached hydrogens (tertiary/aromatic N) is 2. The lowest BCUT2D eigenvalue weighted by molar-refractivity contribution is 0.160. The van der Waals surface area contributed by atoms with Gasteiger partial charge in [0.15, 0.2) is 5.75 Å². The Morgan fingerprint density at radius 3 is 2.71 bits per heavy atom. The van der Waals surface area contributed by atoms with Gasteiger partial charge in [-0.15, -0.1) is 0 Å². The first-order valence-electron chi connectivity index (χ1n) is 10.6. The van der Waals surface area contributed by atoms with E-state index in [0.29, 0.717) is 36.6 Å². The predicted molar refractivity (Wildman–Crippen MR) is 121 cm³/mol. The Hall–Kier alpha value is -2.87. The van der Waals surface area contributed by atoms with E-state index in [1.807, 2.05) is 26.0 Å². The molecule has 0 spiro atoms. The number of rotatable bonds is 11. The van der Waals surface area contributed by atoms with Gasteiger partial charge < -0.3 is 19.9 Å². The second kappa shape index (κ2) is 11.5. The molecule has 2 aromatic heterocycles. The summed E-state index contributed by atoms with van der Waals surface area (Å²) in [4.78, 5) is 20.5. The molecule has 2 rings (SSSR count). The summed E-state index contributed by atoms with van der Waals surface area (Å²) in [5.41, 5.74) is 7.48. The quantitative estimate of drug-likeness (QED) is 0.500. The number of amides is 1. The molecule has 31 heavy (non-hydrogen) atoms. The average Bonchev–Trinajstić information content (AvgIpc) is 2.71. The number of nitrogens with two attached hydrogens (primary N) is 1. The molecule has 0 fully saturated rings. The molecule has 0 aliphatic heterocycles. The van der Waals surface area contributed by atoms with Gasteiger partial charge in [-0.05, 0) is 49.4 Å². The van der Waals surface area contributed by atoms with Crippen LogP contribution in [-0.4, -0.2) is 41.9 Å². The third kappa shape index (κ3) is 8.05. The Kier molecular flexibility index (Phi) is 9.05. The summed E-state index contributed by atoms with van der Waals surface area (Å²) in [5.74, 6) is 1.75. The van der Waals surface area contributed by atoms with Gasteiger partial charge in [-0.1, -0.05) is 27.2 Å². The number of hydrogen-bond donors (Lipinski definition) is 2. The first-order valence-corrected chi connectivity index (χ1v) is 10.6. The number of methoxy groups -OCH3 is 1. The average molecular weight is 431 g/mol. The van der Waals surface area contributed by atoms with E-state index in [2.05, 4.69) is 29.1 Å². The molecule has 8 heteroatoms. The van der Waals surface area contributed by atoms with Crippen molar-refractivity contribution >= 4 is 11.9 Å². The Bertz CT molecular complexity index is 855.